The van der Waals surface area contributed by atoms with E-state index >= 15 is 0 Å². The fourth-order valence-electron chi connectivity index (χ4n) is 4.81. The Morgan fingerprint density at radius 1 is 1.03 bits per heavy atom. The molecule has 2 N–H and O–H groups in total. The van der Waals surface area contributed by atoms with Gasteiger partial charge in [-0.1, -0.05) is 17.7 Å². The number of ether oxygens (including phenoxy) is 3. The van der Waals surface area contributed by atoms with Gasteiger partial charge < -0.3 is 24.4 Å². The number of allylic oxidation sites excluding steroid dienone is 2. The highest BCUT2D eigenvalue weighted by molar-refractivity contribution is 6.05. The largest absolute Gasteiger partial charge is 0.507 e. The fraction of sp³-hybridized carbons (Fsp3) is 0.367. The Hall–Kier alpha value is -3.67. The van der Waals surface area contributed by atoms with Crippen LogP contribution in [0.3, 0.4) is 0 Å². The quantitative estimate of drug-likeness (QED) is 0.469. The number of aromatic hydroxyl groups is 2. The number of ketones is 1. The van der Waals surface area contributed by atoms with Gasteiger partial charge in [0.1, 0.15) is 51.6 Å². The standard InChI is InChI=1S/C30H32O6/c1-16(2)7-8-18-26(33)25-22(32)15-24(34-28(25)19-10-12-30(5,6)36-27(18)19)20-13-17-9-11-29(3,4)35-23(17)14-21(20)31/h7,9-14,24,31,33H,8,15H2,1-6H3. The van der Waals surface area contributed by atoms with Crippen LogP contribution in [0.4, 0.5) is 0 Å². The summed E-state index contributed by atoms with van der Waals surface area (Å²) in [6, 6.07) is 3.37. The number of phenols is 2. The molecule has 0 amide bonds. The van der Waals surface area contributed by atoms with Gasteiger partial charge in [0.2, 0.25) is 0 Å². The summed E-state index contributed by atoms with van der Waals surface area (Å²) in [5.74, 6) is 1.00. The van der Waals surface area contributed by atoms with E-state index in [0.29, 0.717) is 34.6 Å². The number of carbonyl (C=O) groups excluding carboxylic acids is 1. The minimum absolute atomic E-state index is 0.00714. The average molecular weight is 489 g/mol. The molecular formula is C30H32O6. The van der Waals surface area contributed by atoms with Gasteiger partial charge in [0.05, 0.1) is 12.0 Å². The summed E-state index contributed by atoms with van der Waals surface area (Å²) in [6.45, 7) is 11.7. The van der Waals surface area contributed by atoms with Crippen molar-refractivity contribution in [3.05, 3.63) is 63.8 Å². The minimum Gasteiger partial charge on any atom is -0.507 e. The van der Waals surface area contributed by atoms with Gasteiger partial charge in [-0.3, -0.25) is 4.79 Å². The third kappa shape index (κ3) is 4.15. The molecule has 3 heterocycles. The minimum atomic E-state index is -0.728. The van der Waals surface area contributed by atoms with E-state index < -0.39 is 17.3 Å². The maximum atomic E-state index is 13.4. The van der Waals surface area contributed by atoms with Gasteiger partial charge in [0.25, 0.3) is 0 Å². The summed E-state index contributed by atoms with van der Waals surface area (Å²) >= 11 is 0. The first kappa shape index (κ1) is 24.0. The molecule has 3 aliphatic rings. The highest BCUT2D eigenvalue weighted by Crippen LogP contribution is 2.52. The van der Waals surface area contributed by atoms with Crippen molar-refractivity contribution in [3.8, 4) is 28.7 Å². The second-order valence-corrected chi connectivity index (χ2v) is 11.0. The molecule has 2 aromatic carbocycles. The predicted octanol–water partition coefficient (Wildman–Crippen LogP) is 6.68. The van der Waals surface area contributed by atoms with E-state index in [2.05, 4.69) is 0 Å². The molecule has 0 aromatic heterocycles. The molecule has 0 spiro atoms. The van der Waals surface area contributed by atoms with Crippen molar-refractivity contribution in [3.63, 3.8) is 0 Å². The van der Waals surface area contributed by atoms with Crippen molar-refractivity contribution < 1.29 is 29.2 Å². The maximum Gasteiger partial charge on any atom is 0.174 e. The molecule has 0 saturated heterocycles. The first-order chi connectivity index (χ1) is 16.8. The van der Waals surface area contributed by atoms with Gasteiger partial charge in [-0.15, -0.1) is 0 Å². The van der Waals surface area contributed by atoms with Gasteiger partial charge in [-0.2, -0.15) is 0 Å². The third-order valence-electron chi connectivity index (χ3n) is 6.70. The van der Waals surface area contributed by atoms with E-state index in [1.165, 1.54) is 0 Å². The summed E-state index contributed by atoms with van der Waals surface area (Å²) in [7, 11) is 0. The molecular weight excluding hydrogens is 456 g/mol. The topological polar surface area (TPSA) is 85.2 Å². The summed E-state index contributed by atoms with van der Waals surface area (Å²) in [6.07, 6.45) is 9.38. The number of phenolic OH excluding ortho intramolecular Hbond substituents is 2. The second kappa shape index (κ2) is 8.19. The molecule has 0 fully saturated rings. The molecule has 36 heavy (non-hydrogen) atoms. The van der Waals surface area contributed by atoms with E-state index in [0.717, 1.165) is 11.1 Å². The lowest BCUT2D eigenvalue weighted by Gasteiger charge is -2.35. The zero-order valence-corrected chi connectivity index (χ0v) is 21.6. The fourth-order valence-corrected chi connectivity index (χ4v) is 4.81. The first-order valence-corrected chi connectivity index (χ1v) is 12.2. The zero-order valence-electron chi connectivity index (χ0n) is 21.6. The van der Waals surface area contributed by atoms with Crippen molar-refractivity contribution >= 4 is 17.9 Å². The summed E-state index contributed by atoms with van der Waals surface area (Å²) in [5, 5.41) is 22.1. The van der Waals surface area contributed by atoms with E-state index in [4.69, 9.17) is 14.2 Å². The van der Waals surface area contributed by atoms with E-state index in [9.17, 15) is 15.0 Å². The van der Waals surface area contributed by atoms with Crippen molar-refractivity contribution in [2.45, 2.75) is 71.7 Å². The normalized spacial score (nSPS) is 20.3. The number of hydrogen-bond donors (Lipinski definition) is 2. The van der Waals surface area contributed by atoms with Gasteiger partial charge in [-0.05, 0) is 72.3 Å². The number of Topliss-reactive ketones (excluding diaryl/α,β-unsaturated/α-hetero) is 1. The predicted molar refractivity (Wildman–Crippen MR) is 139 cm³/mol. The van der Waals surface area contributed by atoms with Crippen LogP contribution in [0.25, 0.3) is 12.2 Å². The highest BCUT2D eigenvalue weighted by Gasteiger charge is 2.39. The molecule has 0 radical (unpaired) electrons. The Morgan fingerprint density at radius 3 is 2.44 bits per heavy atom. The number of rotatable bonds is 3. The molecule has 188 valence electrons. The van der Waals surface area contributed by atoms with E-state index in [1.54, 1.807) is 12.1 Å². The van der Waals surface area contributed by atoms with Crippen LogP contribution in [-0.4, -0.2) is 27.2 Å². The van der Waals surface area contributed by atoms with Crippen LogP contribution >= 0.6 is 0 Å². The summed E-state index contributed by atoms with van der Waals surface area (Å²) in [5.41, 5.74) is 2.69. The van der Waals surface area contributed by atoms with Gasteiger partial charge in [0, 0.05) is 22.8 Å². The molecule has 0 saturated carbocycles. The Kier molecular flexibility index (Phi) is 5.47. The van der Waals surface area contributed by atoms with E-state index in [-0.39, 0.29) is 35.0 Å². The van der Waals surface area contributed by atoms with Crippen molar-refractivity contribution in [1.82, 2.24) is 0 Å². The van der Waals surface area contributed by atoms with Gasteiger partial charge in [0.15, 0.2) is 5.78 Å². The highest BCUT2D eigenvalue weighted by atomic mass is 16.5. The molecule has 6 heteroatoms. The van der Waals surface area contributed by atoms with Crippen LogP contribution in [0.1, 0.15) is 86.7 Å². The van der Waals surface area contributed by atoms with E-state index in [1.807, 2.05) is 71.9 Å². The molecule has 6 nitrogen and oxygen atoms in total. The molecule has 1 unspecified atom stereocenters. The Labute approximate surface area is 211 Å². The lowest BCUT2D eigenvalue weighted by atomic mass is 9.87. The van der Waals surface area contributed by atoms with Crippen LogP contribution in [-0.2, 0) is 6.42 Å². The summed E-state index contributed by atoms with van der Waals surface area (Å²) in [4.78, 5) is 13.4. The SMILES string of the molecule is CC(C)=CCc1c(O)c2c(c3c1OC(C)(C)C=C3)OC(c1cc3c(cc1O)OC(C)(C)C=C3)CC2=O. The molecule has 0 aliphatic carbocycles. The monoisotopic (exact) mass is 488 g/mol. The Bertz CT molecular complexity index is 1370. The number of benzene rings is 2. The Balaban J connectivity index is 1.62. The molecule has 0 bridgehead atoms. The lowest BCUT2D eigenvalue weighted by Crippen LogP contribution is -2.30. The van der Waals surface area contributed by atoms with Crippen LogP contribution in [0, 0.1) is 0 Å². The van der Waals surface area contributed by atoms with Gasteiger partial charge >= 0.3 is 0 Å². The Morgan fingerprint density at radius 2 is 1.72 bits per heavy atom. The summed E-state index contributed by atoms with van der Waals surface area (Å²) < 4.78 is 18.6. The van der Waals surface area contributed by atoms with Crippen LogP contribution in [0.5, 0.6) is 28.7 Å². The lowest BCUT2D eigenvalue weighted by molar-refractivity contribution is 0.0837. The van der Waals surface area contributed by atoms with Crippen molar-refractivity contribution in [1.29, 1.82) is 0 Å². The first-order valence-electron chi connectivity index (χ1n) is 12.2. The molecule has 5 rings (SSSR count). The molecule has 2 aromatic rings. The van der Waals surface area contributed by atoms with Crippen molar-refractivity contribution in [2.24, 2.45) is 0 Å². The van der Waals surface area contributed by atoms with Crippen LogP contribution in [0.15, 0.2) is 35.9 Å². The zero-order chi connectivity index (χ0) is 26.0. The smallest absolute Gasteiger partial charge is 0.174 e. The average Bonchev–Trinajstić information content (AvgIpc) is 2.76. The molecule has 3 aliphatic heterocycles. The third-order valence-corrected chi connectivity index (χ3v) is 6.70. The molecule has 1 atom stereocenters. The maximum absolute atomic E-state index is 13.4. The second-order valence-electron chi connectivity index (χ2n) is 11.0. The number of hydrogen-bond acceptors (Lipinski definition) is 6. The van der Waals surface area contributed by atoms with Crippen LogP contribution in [0.2, 0.25) is 0 Å². The number of fused-ring (bicyclic) bond motifs is 4. The van der Waals surface area contributed by atoms with Gasteiger partial charge in [-0.25, -0.2) is 0 Å². The number of carbonyl (C=O) groups is 1. The van der Waals surface area contributed by atoms with Crippen molar-refractivity contribution in [2.75, 3.05) is 0 Å². The van der Waals surface area contributed by atoms with Crippen LogP contribution < -0.4 is 14.2 Å².